The lowest BCUT2D eigenvalue weighted by atomic mass is 10.0. The van der Waals surface area contributed by atoms with Gasteiger partial charge in [0, 0.05) is 12.0 Å². The Bertz CT molecular complexity index is 839. The molecule has 0 heterocycles. The number of hydrogen-bond acceptors (Lipinski definition) is 5. The number of hydrogen-bond donors (Lipinski definition) is 0. The van der Waals surface area contributed by atoms with E-state index in [2.05, 4.69) is 17.4 Å². The van der Waals surface area contributed by atoms with Crippen molar-refractivity contribution < 1.29 is 19.1 Å². The summed E-state index contributed by atoms with van der Waals surface area (Å²) in [6, 6.07) is 12.2. The summed E-state index contributed by atoms with van der Waals surface area (Å²) >= 11 is 5.77. The molecular weight excluding hydrogens is 426 g/mol. The van der Waals surface area contributed by atoms with E-state index in [-0.39, 0.29) is 18.3 Å². The largest absolute Gasteiger partial charge is 0.468 e. The molecule has 0 amide bonds. The van der Waals surface area contributed by atoms with Crippen molar-refractivity contribution in [1.82, 2.24) is 0 Å². The molecule has 0 fully saturated rings. The fraction of sp³-hybridized carbons (Fsp3) is 0.423. The number of carbonyl (C=O) groups excluding carboxylic acids is 2. The van der Waals surface area contributed by atoms with Crippen molar-refractivity contribution >= 4 is 23.4 Å². The molecule has 0 aromatic heterocycles. The summed E-state index contributed by atoms with van der Waals surface area (Å²) in [6.07, 6.45) is 9.08. The molecule has 1 aromatic rings. The molecule has 0 saturated heterocycles. The van der Waals surface area contributed by atoms with Gasteiger partial charge in [-0.25, -0.2) is 4.79 Å². The van der Waals surface area contributed by atoms with Crippen molar-refractivity contribution in [1.29, 1.82) is 5.26 Å². The van der Waals surface area contributed by atoms with Crippen LogP contribution in [-0.2, 0) is 25.7 Å². The van der Waals surface area contributed by atoms with Crippen molar-refractivity contribution in [2.75, 3.05) is 7.11 Å². The van der Waals surface area contributed by atoms with Gasteiger partial charge in [0.2, 0.25) is 0 Å². The molecule has 0 radical (unpaired) electrons. The van der Waals surface area contributed by atoms with E-state index in [1.54, 1.807) is 0 Å². The number of nitriles is 1. The SMILES string of the molecule is C=CCCC(/C=C(\C#N)CC/C=C(\C)CCC(=O)C(Cl)C(=O)OC)OCc1ccccc1. The van der Waals surface area contributed by atoms with Gasteiger partial charge < -0.3 is 9.47 Å². The predicted octanol–water partition coefficient (Wildman–Crippen LogP) is 5.84. The van der Waals surface area contributed by atoms with Crippen LogP contribution in [0.2, 0.25) is 0 Å². The van der Waals surface area contributed by atoms with Crippen LogP contribution < -0.4 is 0 Å². The maximum absolute atomic E-state index is 11.9. The summed E-state index contributed by atoms with van der Waals surface area (Å²) in [6.45, 7) is 6.17. The minimum Gasteiger partial charge on any atom is -0.468 e. The molecule has 0 aliphatic heterocycles. The first-order chi connectivity index (χ1) is 15.4. The number of methoxy groups -OCH3 is 1. The van der Waals surface area contributed by atoms with Gasteiger partial charge in [0.15, 0.2) is 11.2 Å². The van der Waals surface area contributed by atoms with Gasteiger partial charge in [-0.1, -0.05) is 48.1 Å². The number of Topliss-reactive ketones (excluding diaryl/α,β-unsaturated/α-hetero) is 1. The normalized spacial score (nSPS) is 13.7. The number of ether oxygens (including phenoxy) is 2. The minimum absolute atomic E-state index is 0.162. The molecular formula is C26H32ClNO4. The van der Waals surface area contributed by atoms with Gasteiger partial charge in [0.25, 0.3) is 0 Å². The fourth-order valence-electron chi connectivity index (χ4n) is 2.93. The number of nitrogens with zero attached hydrogens (tertiary/aromatic N) is 1. The van der Waals surface area contributed by atoms with E-state index in [4.69, 9.17) is 16.3 Å². The third-order valence-electron chi connectivity index (χ3n) is 4.86. The maximum atomic E-state index is 11.9. The van der Waals surface area contributed by atoms with Gasteiger partial charge in [-0.3, -0.25) is 4.79 Å². The summed E-state index contributed by atoms with van der Waals surface area (Å²) in [5, 5.41) is 8.29. The third kappa shape index (κ3) is 11.1. The average Bonchev–Trinajstić information content (AvgIpc) is 2.82. The second kappa shape index (κ2) is 16.0. The van der Waals surface area contributed by atoms with Gasteiger partial charge >= 0.3 is 5.97 Å². The predicted molar refractivity (Wildman–Crippen MR) is 127 cm³/mol. The van der Waals surface area contributed by atoms with Crippen molar-refractivity contribution in [3.8, 4) is 6.07 Å². The highest BCUT2D eigenvalue weighted by atomic mass is 35.5. The number of carbonyl (C=O) groups is 2. The summed E-state index contributed by atoms with van der Waals surface area (Å²) in [5.74, 6) is -1.09. The van der Waals surface area contributed by atoms with Crippen LogP contribution in [0.3, 0.4) is 0 Å². The first kappa shape index (κ1) is 27.4. The van der Waals surface area contributed by atoms with Crippen LogP contribution >= 0.6 is 11.6 Å². The van der Waals surface area contributed by atoms with Crippen LogP contribution in [0.25, 0.3) is 0 Å². The van der Waals surface area contributed by atoms with Crippen molar-refractivity contribution in [2.24, 2.45) is 0 Å². The zero-order valence-electron chi connectivity index (χ0n) is 18.9. The lowest BCUT2D eigenvalue weighted by Crippen LogP contribution is -2.25. The molecule has 172 valence electrons. The van der Waals surface area contributed by atoms with Crippen molar-refractivity contribution in [2.45, 2.75) is 63.5 Å². The highest BCUT2D eigenvalue weighted by Crippen LogP contribution is 2.16. The first-order valence-electron chi connectivity index (χ1n) is 10.7. The van der Waals surface area contributed by atoms with Gasteiger partial charge in [-0.05, 0) is 50.7 Å². The first-order valence-corrected chi connectivity index (χ1v) is 11.1. The van der Waals surface area contributed by atoms with Gasteiger partial charge in [-0.2, -0.15) is 5.26 Å². The van der Waals surface area contributed by atoms with E-state index in [9.17, 15) is 14.9 Å². The van der Waals surface area contributed by atoms with E-state index in [0.29, 0.717) is 31.4 Å². The maximum Gasteiger partial charge on any atom is 0.331 e. The Morgan fingerprint density at radius 3 is 2.53 bits per heavy atom. The van der Waals surface area contributed by atoms with E-state index >= 15 is 0 Å². The second-order valence-electron chi connectivity index (χ2n) is 7.45. The molecule has 5 nitrogen and oxygen atoms in total. The number of halogens is 1. The zero-order chi connectivity index (χ0) is 23.8. The van der Waals surface area contributed by atoms with Crippen LogP contribution in [-0.4, -0.2) is 30.3 Å². The fourth-order valence-corrected chi connectivity index (χ4v) is 3.13. The molecule has 2 unspecified atom stereocenters. The van der Waals surface area contributed by atoms with Crippen LogP contribution in [0.5, 0.6) is 0 Å². The Hall–Kier alpha value is -2.68. The van der Waals surface area contributed by atoms with Gasteiger partial charge in [-0.15, -0.1) is 18.2 Å². The Kier molecular flexibility index (Phi) is 13.7. The van der Waals surface area contributed by atoms with Crippen LogP contribution in [0.4, 0.5) is 0 Å². The van der Waals surface area contributed by atoms with Crippen LogP contribution in [0, 0.1) is 11.3 Å². The minimum atomic E-state index is -1.26. The molecule has 0 N–H and O–H groups in total. The molecule has 6 heteroatoms. The average molecular weight is 458 g/mol. The lowest BCUT2D eigenvalue weighted by Gasteiger charge is -2.14. The van der Waals surface area contributed by atoms with E-state index in [1.165, 1.54) is 7.11 Å². The highest BCUT2D eigenvalue weighted by Gasteiger charge is 2.23. The van der Waals surface area contributed by atoms with Crippen LogP contribution in [0.1, 0.15) is 51.0 Å². The lowest BCUT2D eigenvalue weighted by molar-refractivity contribution is -0.142. The van der Waals surface area contributed by atoms with E-state index in [0.717, 1.165) is 24.0 Å². The smallest absolute Gasteiger partial charge is 0.331 e. The quantitative estimate of drug-likeness (QED) is 0.109. The standard InChI is InChI=1S/C26H32ClNO4/c1-4-5-14-23(32-19-21-11-7-6-8-12-21)17-22(18-28)13-9-10-20(2)15-16-24(29)25(27)26(30)31-3/h4,6-8,10-12,17,23,25H,1,5,9,13-16,19H2,2-3H3/b20-10+,22-17-. The summed E-state index contributed by atoms with van der Waals surface area (Å²) < 4.78 is 10.5. The molecule has 0 bridgehead atoms. The monoisotopic (exact) mass is 457 g/mol. The van der Waals surface area contributed by atoms with E-state index < -0.39 is 11.3 Å². The number of alkyl halides is 1. The van der Waals surface area contributed by atoms with Crippen molar-refractivity contribution in [3.05, 3.63) is 71.8 Å². The molecule has 0 aliphatic carbocycles. The molecule has 1 aromatic carbocycles. The number of rotatable bonds is 15. The zero-order valence-corrected chi connectivity index (χ0v) is 19.6. The van der Waals surface area contributed by atoms with E-state index in [1.807, 2.05) is 55.5 Å². The summed E-state index contributed by atoms with van der Waals surface area (Å²) in [4.78, 5) is 23.2. The Morgan fingerprint density at radius 2 is 1.91 bits per heavy atom. The Balaban J connectivity index is 2.59. The molecule has 1 rings (SSSR count). The second-order valence-corrected chi connectivity index (χ2v) is 7.88. The molecule has 32 heavy (non-hydrogen) atoms. The Labute approximate surface area is 196 Å². The summed E-state index contributed by atoms with van der Waals surface area (Å²) in [5.41, 5.74) is 2.76. The number of benzene rings is 1. The van der Waals surface area contributed by atoms with Crippen LogP contribution in [0.15, 0.2) is 66.3 Å². The Morgan fingerprint density at radius 1 is 1.19 bits per heavy atom. The number of ketones is 1. The highest BCUT2D eigenvalue weighted by molar-refractivity contribution is 6.41. The number of allylic oxidation sites excluding steroid dienone is 4. The molecule has 2 atom stereocenters. The third-order valence-corrected chi connectivity index (χ3v) is 5.28. The van der Waals surface area contributed by atoms with Crippen molar-refractivity contribution in [3.63, 3.8) is 0 Å². The molecule has 0 aliphatic rings. The van der Waals surface area contributed by atoms with Gasteiger partial charge in [0.05, 0.1) is 25.9 Å². The molecule has 0 spiro atoms. The molecule has 0 saturated carbocycles. The number of esters is 1. The van der Waals surface area contributed by atoms with Gasteiger partial charge in [0.1, 0.15) is 0 Å². The summed E-state index contributed by atoms with van der Waals surface area (Å²) in [7, 11) is 1.20. The topological polar surface area (TPSA) is 76.4 Å².